The van der Waals surface area contributed by atoms with E-state index >= 15 is 0 Å². The molecule has 2 aromatic rings. The number of ether oxygens (including phenoxy) is 1. The Kier molecular flexibility index (Phi) is 5.29. The monoisotopic (exact) mass is 340 g/mol. The molecule has 0 unspecified atom stereocenters. The summed E-state index contributed by atoms with van der Waals surface area (Å²) in [7, 11) is 1.58. The normalized spacial score (nSPS) is 11.8. The van der Waals surface area contributed by atoms with Gasteiger partial charge in [0, 0.05) is 5.57 Å². The van der Waals surface area contributed by atoms with Crippen LogP contribution >= 0.6 is 34.8 Å². The van der Waals surface area contributed by atoms with Crippen molar-refractivity contribution in [2.24, 2.45) is 0 Å². The fourth-order valence-electron chi connectivity index (χ4n) is 1.80. The van der Waals surface area contributed by atoms with Crippen LogP contribution in [0.3, 0.4) is 0 Å². The first-order valence-electron chi connectivity index (χ1n) is 6.01. The van der Waals surface area contributed by atoms with E-state index in [4.69, 9.17) is 39.5 Å². The molecule has 2 aromatic carbocycles. The number of carbonyl (C=O) groups excluding carboxylic acids is 1. The van der Waals surface area contributed by atoms with Gasteiger partial charge in [0.05, 0.1) is 22.2 Å². The Morgan fingerprint density at radius 1 is 1.00 bits per heavy atom. The molecule has 0 aromatic heterocycles. The molecular formula is C16H11Cl3O2. The second kappa shape index (κ2) is 6.99. The summed E-state index contributed by atoms with van der Waals surface area (Å²) >= 11 is 18.2. The Balaban J connectivity index is 2.49. The number of allylic oxidation sites excluding steroid dienone is 1. The fourth-order valence-corrected chi connectivity index (χ4v) is 2.38. The summed E-state index contributed by atoms with van der Waals surface area (Å²) in [6, 6.07) is 12.0. The number of benzene rings is 2. The minimum Gasteiger partial charge on any atom is -0.497 e. The van der Waals surface area contributed by atoms with Crippen molar-refractivity contribution in [1.29, 1.82) is 0 Å². The van der Waals surface area contributed by atoms with Gasteiger partial charge in [0.2, 0.25) is 0 Å². The van der Waals surface area contributed by atoms with E-state index in [-0.39, 0.29) is 0 Å². The summed E-state index contributed by atoms with van der Waals surface area (Å²) < 4.78 is 5.09. The number of halogens is 3. The van der Waals surface area contributed by atoms with Crippen LogP contribution in [0.5, 0.6) is 5.75 Å². The van der Waals surface area contributed by atoms with Crippen LogP contribution in [0.4, 0.5) is 0 Å². The average Bonchev–Trinajstić information content (AvgIpc) is 2.51. The highest BCUT2D eigenvalue weighted by molar-refractivity contribution is 6.55. The summed E-state index contributed by atoms with van der Waals surface area (Å²) in [4.78, 5) is 11.4. The lowest BCUT2D eigenvalue weighted by atomic mass is 10.0. The summed E-state index contributed by atoms with van der Waals surface area (Å²) in [5.41, 5.74) is 1.67. The van der Waals surface area contributed by atoms with Crippen molar-refractivity contribution in [3.05, 3.63) is 63.6 Å². The smallest absolute Gasteiger partial charge is 0.152 e. The molecule has 2 nitrogen and oxygen atoms in total. The first-order chi connectivity index (χ1) is 10.1. The maximum atomic E-state index is 11.4. The summed E-state index contributed by atoms with van der Waals surface area (Å²) in [5.74, 6) is 0.713. The van der Waals surface area contributed by atoms with Crippen LogP contribution in [0.15, 0.2) is 42.5 Å². The van der Waals surface area contributed by atoms with Gasteiger partial charge in [0.25, 0.3) is 0 Å². The van der Waals surface area contributed by atoms with Crippen LogP contribution in [-0.4, -0.2) is 13.4 Å². The van der Waals surface area contributed by atoms with Crippen molar-refractivity contribution < 1.29 is 9.53 Å². The SMILES string of the molecule is COc1ccc(/C(Cl)=C(\C=O)c2ccc(Cl)c(Cl)c2)cc1. The molecule has 2 rings (SSSR count). The third-order valence-corrected chi connectivity index (χ3v) is 4.09. The molecule has 0 radical (unpaired) electrons. The Hall–Kier alpha value is -1.48. The predicted octanol–water partition coefficient (Wildman–Crippen LogP) is 5.31. The molecule has 21 heavy (non-hydrogen) atoms. The van der Waals surface area contributed by atoms with Gasteiger partial charge < -0.3 is 4.74 Å². The highest BCUT2D eigenvalue weighted by atomic mass is 35.5. The molecule has 0 amide bonds. The van der Waals surface area contributed by atoms with Gasteiger partial charge in [0.15, 0.2) is 6.29 Å². The molecule has 5 heteroatoms. The van der Waals surface area contributed by atoms with E-state index in [1.165, 1.54) is 0 Å². The molecule has 0 aliphatic rings. The number of hydrogen-bond acceptors (Lipinski definition) is 2. The Morgan fingerprint density at radius 3 is 2.14 bits per heavy atom. The van der Waals surface area contributed by atoms with Gasteiger partial charge in [-0.05, 0) is 47.5 Å². The second-order valence-corrected chi connectivity index (χ2v) is 5.40. The lowest BCUT2D eigenvalue weighted by molar-refractivity contribution is -0.103. The molecule has 0 saturated carbocycles. The zero-order valence-corrected chi connectivity index (χ0v) is 13.3. The largest absolute Gasteiger partial charge is 0.497 e. The quantitative estimate of drug-likeness (QED) is 0.428. The highest BCUT2D eigenvalue weighted by Gasteiger charge is 2.11. The highest BCUT2D eigenvalue weighted by Crippen LogP contribution is 2.32. The second-order valence-electron chi connectivity index (χ2n) is 4.20. The lowest BCUT2D eigenvalue weighted by Gasteiger charge is -2.08. The van der Waals surface area contributed by atoms with Gasteiger partial charge in [-0.2, -0.15) is 0 Å². The van der Waals surface area contributed by atoms with E-state index in [0.717, 1.165) is 0 Å². The van der Waals surface area contributed by atoms with Crippen LogP contribution < -0.4 is 4.74 Å². The van der Waals surface area contributed by atoms with Crippen LogP contribution in [-0.2, 0) is 4.79 Å². The predicted molar refractivity (Wildman–Crippen MR) is 88.2 cm³/mol. The maximum Gasteiger partial charge on any atom is 0.152 e. The molecule has 0 spiro atoms. The van der Waals surface area contributed by atoms with E-state index in [1.807, 2.05) is 0 Å². The number of carbonyl (C=O) groups is 1. The molecule has 0 aliphatic carbocycles. The van der Waals surface area contributed by atoms with Crippen LogP contribution in [0.1, 0.15) is 11.1 Å². The molecule has 0 atom stereocenters. The summed E-state index contributed by atoms with van der Waals surface area (Å²) in [5, 5.41) is 1.13. The first-order valence-corrected chi connectivity index (χ1v) is 7.15. The number of hydrogen-bond donors (Lipinski definition) is 0. The van der Waals surface area contributed by atoms with Crippen LogP contribution in [0.25, 0.3) is 10.6 Å². The molecule has 0 heterocycles. The maximum absolute atomic E-state index is 11.4. The van der Waals surface area contributed by atoms with E-state index < -0.39 is 0 Å². The minimum absolute atomic E-state index is 0.339. The van der Waals surface area contributed by atoms with Gasteiger partial charge >= 0.3 is 0 Å². The third-order valence-electron chi connectivity index (χ3n) is 2.93. The van der Waals surface area contributed by atoms with E-state index in [9.17, 15) is 4.79 Å². The molecule has 0 fully saturated rings. The Labute approximate surface area is 137 Å². The molecule has 108 valence electrons. The summed E-state index contributed by atoms with van der Waals surface area (Å²) in [6.45, 7) is 0. The zero-order chi connectivity index (χ0) is 15.4. The van der Waals surface area contributed by atoms with Gasteiger partial charge in [0.1, 0.15) is 5.75 Å². The first kappa shape index (κ1) is 15.9. The van der Waals surface area contributed by atoms with E-state index in [1.54, 1.807) is 49.6 Å². The van der Waals surface area contributed by atoms with Crippen molar-refractivity contribution in [3.63, 3.8) is 0 Å². The Bertz CT molecular complexity index is 691. The van der Waals surface area contributed by atoms with E-state index in [2.05, 4.69) is 0 Å². The number of aldehydes is 1. The molecule has 0 bridgehead atoms. The molecule has 0 aliphatic heterocycles. The molecule has 0 saturated heterocycles. The van der Waals surface area contributed by atoms with E-state index in [0.29, 0.717) is 43.8 Å². The van der Waals surface area contributed by atoms with Crippen molar-refractivity contribution in [1.82, 2.24) is 0 Å². The molecule has 0 N–H and O–H groups in total. The standard InChI is InChI=1S/C16H11Cl3O2/c1-21-12-5-2-10(3-6-12)16(19)13(9-20)11-4-7-14(17)15(18)8-11/h2-9H,1H3/b16-13-. The topological polar surface area (TPSA) is 26.3 Å². The van der Waals surface area contributed by atoms with Crippen molar-refractivity contribution in [2.75, 3.05) is 7.11 Å². The lowest BCUT2D eigenvalue weighted by Crippen LogP contribution is -1.91. The summed E-state index contributed by atoms with van der Waals surface area (Å²) in [6.07, 6.45) is 0.701. The minimum atomic E-state index is 0.339. The van der Waals surface area contributed by atoms with Gasteiger partial charge in [-0.1, -0.05) is 40.9 Å². The number of rotatable bonds is 4. The fraction of sp³-hybridized carbons (Fsp3) is 0.0625. The zero-order valence-electron chi connectivity index (χ0n) is 11.1. The van der Waals surface area contributed by atoms with Crippen molar-refractivity contribution in [3.8, 4) is 5.75 Å². The van der Waals surface area contributed by atoms with Crippen molar-refractivity contribution >= 4 is 51.7 Å². The van der Waals surface area contributed by atoms with Gasteiger partial charge in [-0.25, -0.2) is 0 Å². The number of methoxy groups -OCH3 is 1. The molecular weight excluding hydrogens is 331 g/mol. The van der Waals surface area contributed by atoms with Gasteiger partial charge in [-0.15, -0.1) is 0 Å². The van der Waals surface area contributed by atoms with Crippen LogP contribution in [0.2, 0.25) is 10.0 Å². The third kappa shape index (κ3) is 3.59. The van der Waals surface area contributed by atoms with Crippen molar-refractivity contribution in [2.45, 2.75) is 0 Å². The van der Waals surface area contributed by atoms with Gasteiger partial charge in [-0.3, -0.25) is 4.79 Å². The Morgan fingerprint density at radius 2 is 1.62 bits per heavy atom. The van der Waals surface area contributed by atoms with Crippen LogP contribution in [0, 0.1) is 0 Å². The average molecular weight is 342 g/mol.